The number of hydrogen-bond donors (Lipinski definition) is 0. The lowest BCUT2D eigenvalue weighted by Gasteiger charge is -2.34. The molecule has 0 N–H and O–H groups in total. The molecular weight excluding hydrogens is 314 g/mol. The molecule has 5 heteroatoms. The maximum Gasteiger partial charge on any atom is 0.293 e. The van der Waals surface area contributed by atoms with Crippen molar-refractivity contribution in [2.75, 3.05) is 26.2 Å². The van der Waals surface area contributed by atoms with Gasteiger partial charge in [-0.3, -0.25) is 9.69 Å². The Hall–Kier alpha value is -1.88. The number of carbonyl (C=O) groups is 1. The number of amides is 1. The van der Waals surface area contributed by atoms with Crippen LogP contribution in [0.25, 0.3) is 10.9 Å². The minimum atomic E-state index is -0.0207. The number of nitrogens with zero attached hydrogens (tertiary/aromatic N) is 3. The predicted molar refractivity (Wildman–Crippen MR) is 97.5 cm³/mol. The van der Waals surface area contributed by atoms with Gasteiger partial charge in [-0.05, 0) is 43.2 Å². The second kappa shape index (κ2) is 6.79. The van der Waals surface area contributed by atoms with Gasteiger partial charge in [0.1, 0.15) is 5.52 Å². The molecule has 1 saturated heterocycles. The van der Waals surface area contributed by atoms with Crippen molar-refractivity contribution in [1.29, 1.82) is 0 Å². The molecule has 1 aliphatic heterocycles. The second-order valence-electron chi connectivity index (χ2n) is 7.88. The molecule has 0 unspecified atom stereocenters. The molecule has 1 atom stereocenters. The Balaban J connectivity index is 1.55. The van der Waals surface area contributed by atoms with E-state index in [1.165, 1.54) is 19.4 Å². The van der Waals surface area contributed by atoms with Crippen molar-refractivity contribution in [2.45, 2.75) is 39.2 Å². The summed E-state index contributed by atoms with van der Waals surface area (Å²) < 4.78 is 5.41. The molecule has 1 aromatic carbocycles. The van der Waals surface area contributed by atoms with E-state index < -0.39 is 0 Å². The van der Waals surface area contributed by atoms with Gasteiger partial charge in [-0.15, -0.1) is 0 Å². The van der Waals surface area contributed by atoms with Crippen LogP contribution < -0.4 is 0 Å². The van der Waals surface area contributed by atoms with Crippen LogP contribution in [0, 0.1) is 11.8 Å². The quantitative estimate of drug-likeness (QED) is 0.855. The van der Waals surface area contributed by atoms with Crippen LogP contribution in [0.4, 0.5) is 0 Å². The van der Waals surface area contributed by atoms with Gasteiger partial charge in [0.15, 0.2) is 0 Å². The van der Waals surface area contributed by atoms with Gasteiger partial charge in [-0.1, -0.05) is 31.1 Å². The lowest BCUT2D eigenvalue weighted by atomic mass is 10.0. The fourth-order valence-electron chi connectivity index (χ4n) is 3.93. The Bertz CT molecular complexity index is 750. The predicted octanol–water partition coefficient (Wildman–Crippen LogP) is 3.41. The van der Waals surface area contributed by atoms with E-state index in [-0.39, 0.29) is 5.91 Å². The van der Waals surface area contributed by atoms with Crippen LogP contribution in [0.2, 0.25) is 0 Å². The SMILES string of the molecule is CC(C)[C@H]1CN(C(=O)c2onc3ccccc23)CCCN1CC1CC1. The minimum absolute atomic E-state index is 0.0207. The maximum absolute atomic E-state index is 13.1. The molecule has 2 aromatic rings. The van der Waals surface area contributed by atoms with Crippen LogP contribution in [0.15, 0.2) is 28.8 Å². The molecule has 0 radical (unpaired) electrons. The van der Waals surface area contributed by atoms with Gasteiger partial charge in [-0.25, -0.2) is 0 Å². The van der Waals surface area contributed by atoms with Crippen molar-refractivity contribution in [1.82, 2.24) is 15.0 Å². The highest BCUT2D eigenvalue weighted by Gasteiger charge is 2.34. The van der Waals surface area contributed by atoms with Crippen molar-refractivity contribution in [3.63, 3.8) is 0 Å². The number of carbonyl (C=O) groups excluding carboxylic acids is 1. The van der Waals surface area contributed by atoms with E-state index in [2.05, 4.69) is 23.9 Å². The monoisotopic (exact) mass is 341 g/mol. The summed E-state index contributed by atoms with van der Waals surface area (Å²) in [6.07, 6.45) is 3.76. The molecule has 2 heterocycles. The molecule has 25 heavy (non-hydrogen) atoms. The maximum atomic E-state index is 13.1. The lowest BCUT2D eigenvalue weighted by Crippen LogP contribution is -2.46. The minimum Gasteiger partial charge on any atom is -0.350 e. The van der Waals surface area contributed by atoms with Gasteiger partial charge in [-0.2, -0.15) is 0 Å². The van der Waals surface area contributed by atoms with Crippen molar-refractivity contribution >= 4 is 16.8 Å². The zero-order valence-corrected chi connectivity index (χ0v) is 15.1. The Labute approximate surface area is 148 Å². The molecule has 1 saturated carbocycles. The lowest BCUT2D eigenvalue weighted by molar-refractivity contribution is 0.0667. The summed E-state index contributed by atoms with van der Waals surface area (Å²) in [5.41, 5.74) is 0.747. The Morgan fingerprint density at radius 1 is 1.28 bits per heavy atom. The largest absolute Gasteiger partial charge is 0.350 e. The van der Waals surface area contributed by atoms with Crippen molar-refractivity contribution in [3.8, 4) is 0 Å². The smallest absolute Gasteiger partial charge is 0.293 e. The summed E-state index contributed by atoms with van der Waals surface area (Å²) in [6.45, 7) is 8.37. The third kappa shape index (κ3) is 3.43. The van der Waals surface area contributed by atoms with Crippen molar-refractivity contribution < 1.29 is 9.32 Å². The van der Waals surface area contributed by atoms with E-state index in [0.717, 1.165) is 42.9 Å². The highest BCUT2D eigenvalue weighted by molar-refractivity contribution is 6.03. The summed E-state index contributed by atoms with van der Waals surface area (Å²) in [5, 5.41) is 4.85. The van der Waals surface area contributed by atoms with Crippen LogP contribution in [0.1, 0.15) is 43.7 Å². The van der Waals surface area contributed by atoms with Crippen LogP contribution in [-0.4, -0.2) is 53.1 Å². The highest BCUT2D eigenvalue weighted by Crippen LogP contribution is 2.32. The van der Waals surface area contributed by atoms with E-state index in [0.29, 0.717) is 17.7 Å². The van der Waals surface area contributed by atoms with E-state index in [4.69, 9.17) is 4.52 Å². The summed E-state index contributed by atoms with van der Waals surface area (Å²) in [7, 11) is 0. The Kier molecular flexibility index (Phi) is 4.50. The van der Waals surface area contributed by atoms with Crippen molar-refractivity contribution in [3.05, 3.63) is 30.0 Å². The Morgan fingerprint density at radius 3 is 2.84 bits per heavy atom. The highest BCUT2D eigenvalue weighted by atomic mass is 16.5. The van der Waals surface area contributed by atoms with Gasteiger partial charge in [0.2, 0.25) is 5.76 Å². The van der Waals surface area contributed by atoms with E-state index in [1.807, 2.05) is 29.2 Å². The number of hydrogen-bond acceptors (Lipinski definition) is 4. The first-order valence-corrected chi connectivity index (χ1v) is 9.51. The first-order chi connectivity index (χ1) is 12.1. The molecule has 4 rings (SSSR count). The normalized spacial score (nSPS) is 22.5. The van der Waals surface area contributed by atoms with Gasteiger partial charge in [0, 0.05) is 32.2 Å². The zero-order valence-electron chi connectivity index (χ0n) is 15.1. The molecule has 2 fully saturated rings. The van der Waals surface area contributed by atoms with Crippen LogP contribution in [0.3, 0.4) is 0 Å². The fraction of sp³-hybridized carbons (Fsp3) is 0.600. The Morgan fingerprint density at radius 2 is 2.08 bits per heavy atom. The van der Waals surface area contributed by atoms with E-state index in [1.54, 1.807) is 0 Å². The fourth-order valence-corrected chi connectivity index (χ4v) is 3.93. The number of aromatic nitrogens is 1. The molecule has 1 aromatic heterocycles. The third-order valence-electron chi connectivity index (χ3n) is 5.57. The summed E-state index contributed by atoms with van der Waals surface area (Å²) in [4.78, 5) is 17.7. The van der Waals surface area contributed by atoms with Gasteiger partial charge in [0.25, 0.3) is 5.91 Å². The van der Waals surface area contributed by atoms with Gasteiger partial charge >= 0.3 is 0 Å². The molecule has 0 spiro atoms. The second-order valence-corrected chi connectivity index (χ2v) is 7.88. The molecular formula is C20H27N3O2. The third-order valence-corrected chi connectivity index (χ3v) is 5.57. The number of rotatable bonds is 4. The number of fused-ring (bicyclic) bond motifs is 1. The molecule has 1 amide bonds. The molecule has 2 aliphatic rings. The van der Waals surface area contributed by atoms with E-state index >= 15 is 0 Å². The molecule has 5 nitrogen and oxygen atoms in total. The summed E-state index contributed by atoms with van der Waals surface area (Å²) in [5.74, 6) is 1.77. The molecule has 1 aliphatic carbocycles. The average molecular weight is 341 g/mol. The number of benzene rings is 1. The first kappa shape index (κ1) is 16.6. The standard InChI is InChI=1S/C20H27N3O2/c1-14(2)18-13-23(11-5-10-22(18)12-15-8-9-15)20(24)19-16-6-3-4-7-17(16)21-25-19/h3-4,6-7,14-15,18H,5,8-13H2,1-2H3/t18-/m1/s1. The zero-order chi connectivity index (χ0) is 17.4. The van der Waals surface area contributed by atoms with E-state index in [9.17, 15) is 4.79 Å². The van der Waals surface area contributed by atoms with Crippen LogP contribution >= 0.6 is 0 Å². The topological polar surface area (TPSA) is 49.6 Å². The van der Waals surface area contributed by atoms with Crippen LogP contribution in [0.5, 0.6) is 0 Å². The summed E-state index contributed by atoms with van der Waals surface area (Å²) >= 11 is 0. The van der Waals surface area contributed by atoms with Gasteiger partial charge in [0.05, 0.1) is 5.39 Å². The van der Waals surface area contributed by atoms with Gasteiger partial charge < -0.3 is 9.42 Å². The molecule has 0 bridgehead atoms. The average Bonchev–Trinajstić information content (AvgIpc) is 3.36. The first-order valence-electron chi connectivity index (χ1n) is 9.51. The van der Waals surface area contributed by atoms with Crippen LogP contribution in [-0.2, 0) is 0 Å². The summed E-state index contributed by atoms with van der Waals surface area (Å²) in [6, 6.07) is 8.05. The van der Waals surface area contributed by atoms with Crippen molar-refractivity contribution in [2.24, 2.45) is 11.8 Å². The molecule has 134 valence electrons.